The first-order valence-electron chi connectivity index (χ1n) is 6.73. The molecule has 0 aliphatic heterocycles. The van der Waals surface area contributed by atoms with Crippen molar-refractivity contribution in [3.8, 4) is 5.75 Å². The Morgan fingerprint density at radius 1 is 1.25 bits per heavy atom. The Morgan fingerprint density at radius 3 is 2.60 bits per heavy atom. The molecule has 20 heavy (non-hydrogen) atoms. The van der Waals surface area contributed by atoms with Gasteiger partial charge < -0.3 is 15.0 Å². The maximum atomic E-state index is 6.08. The fraction of sp³-hybridized carbons (Fsp3) is 0.467. The monoisotopic (exact) mass is 275 g/mol. The average molecular weight is 275 g/mol. The van der Waals surface area contributed by atoms with E-state index in [1.807, 2.05) is 51.1 Å². The van der Waals surface area contributed by atoms with E-state index in [0.29, 0.717) is 24.7 Å². The van der Waals surface area contributed by atoms with Gasteiger partial charge in [0.05, 0.1) is 12.6 Å². The van der Waals surface area contributed by atoms with Crippen molar-refractivity contribution < 1.29 is 9.26 Å². The molecule has 0 fully saturated rings. The second-order valence-corrected chi connectivity index (χ2v) is 5.80. The summed E-state index contributed by atoms with van der Waals surface area (Å²) in [6.07, 6.45) is 0.593. The fourth-order valence-electron chi connectivity index (χ4n) is 1.64. The van der Waals surface area contributed by atoms with Crippen molar-refractivity contribution in [2.45, 2.75) is 33.2 Å². The number of hydrogen-bond donors (Lipinski definition) is 1. The summed E-state index contributed by atoms with van der Waals surface area (Å²) in [5, 5.41) is 3.94. The standard InChI is InChI=1S/C15H21N3O2/c1-15(2,3)13(16)14-17-12(18-20-14)9-10-19-11-7-5-4-6-8-11/h4-8,13H,9-10,16H2,1-3H3/t13-/m1/s1. The second kappa shape index (κ2) is 6.05. The van der Waals surface area contributed by atoms with Gasteiger partial charge in [0, 0.05) is 6.42 Å². The SMILES string of the molecule is CC(C)(C)[C@H](N)c1nc(CCOc2ccccc2)no1. The van der Waals surface area contributed by atoms with Crippen LogP contribution in [0.25, 0.3) is 0 Å². The molecule has 0 spiro atoms. The molecular weight excluding hydrogens is 254 g/mol. The van der Waals surface area contributed by atoms with Crippen molar-refractivity contribution in [1.82, 2.24) is 10.1 Å². The molecule has 2 rings (SSSR count). The number of benzene rings is 1. The lowest BCUT2D eigenvalue weighted by molar-refractivity contribution is 0.251. The van der Waals surface area contributed by atoms with Gasteiger partial charge in [-0.05, 0) is 17.5 Å². The van der Waals surface area contributed by atoms with Crippen LogP contribution in [0.4, 0.5) is 0 Å². The highest BCUT2D eigenvalue weighted by Crippen LogP contribution is 2.29. The van der Waals surface area contributed by atoms with E-state index >= 15 is 0 Å². The van der Waals surface area contributed by atoms with Crippen LogP contribution in [0, 0.1) is 5.41 Å². The Morgan fingerprint density at radius 2 is 1.95 bits per heavy atom. The van der Waals surface area contributed by atoms with Gasteiger partial charge in [-0.15, -0.1) is 0 Å². The largest absolute Gasteiger partial charge is 0.493 e. The molecule has 0 aliphatic carbocycles. The molecule has 0 amide bonds. The smallest absolute Gasteiger partial charge is 0.244 e. The third kappa shape index (κ3) is 3.81. The summed E-state index contributed by atoms with van der Waals surface area (Å²) in [6, 6.07) is 9.38. The molecule has 1 aromatic heterocycles. The number of nitrogens with zero attached hydrogens (tertiary/aromatic N) is 2. The summed E-state index contributed by atoms with van der Waals surface area (Å²) in [6.45, 7) is 6.63. The highest BCUT2D eigenvalue weighted by molar-refractivity contribution is 5.20. The van der Waals surface area contributed by atoms with Gasteiger partial charge in [0.15, 0.2) is 5.82 Å². The van der Waals surface area contributed by atoms with Crippen molar-refractivity contribution in [3.63, 3.8) is 0 Å². The lowest BCUT2D eigenvalue weighted by Crippen LogP contribution is -2.26. The summed E-state index contributed by atoms with van der Waals surface area (Å²) in [5.74, 6) is 1.94. The van der Waals surface area contributed by atoms with Gasteiger partial charge in [0.2, 0.25) is 5.89 Å². The maximum Gasteiger partial charge on any atom is 0.244 e. The number of aromatic nitrogens is 2. The van der Waals surface area contributed by atoms with Crippen molar-refractivity contribution in [3.05, 3.63) is 42.0 Å². The van der Waals surface area contributed by atoms with E-state index in [2.05, 4.69) is 10.1 Å². The van der Waals surface area contributed by atoms with Crippen molar-refractivity contribution in [1.29, 1.82) is 0 Å². The average Bonchev–Trinajstić information content (AvgIpc) is 2.87. The van der Waals surface area contributed by atoms with Gasteiger partial charge in [-0.25, -0.2) is 0 Å². The summed E-state index contributed by atoms with van der Waals surface area (Å²) < 4.78 is 10.8. The molecule has 1 aromatic carbocycles. The van der Waals surface area contributed by atoms with Gasteiger partial charge in [0.1, 0.15) is 5.75 Å². The van der Waals surface area contributed by atoms with E-state index in [4.69, 9.17) is 15.0 Å². The predicted molar refractivity (Wildman–Crippen MR) is 76.3 cm³/mol. The van der Waals surface area contributed by atoms with E-state index in [0.717, 1.165) is 5.75 Å². The number of hydrogen-bond acceptors (Lipinski definition) is 5. The molecule has 0 saturated heterocycles. The minimum atomic E-state index is -0.265. The number of ether oxygens (including phenoxy) is 1. The van der Waals surface area contributed by atoms with Crippen LogP contribution in [0.3, 0.4) is 0 Å². The zero-order chi connectivity index (χ0) is 14.6. The third-order valence-electron chi connectivity index (χ3n) is 3.02. The van der Waals surface area contributed by atoms with Gasteiger partial charge in [-0.2, -0.15) is 4.98 Å². The van der Waals surface area contributed by atoms with Crippen LogP contribution in [0.2, 0.25) is 0 Å². The minimum absolute atomic E-state index is 0.107. The molecule has 5 nitrogen and oxygen atoms in total. The summed E-state index contributed by atoms with van der Waals surface area (Å²) in [5.41, 5.74) is 5.97. The molecule has 0 bridgehead atoms. The van der Waals surface area contributed by atoms with Crippen LogP contribution in [0.1, 0.15) is 38.5 Å². The first-order chi connectivity index (χ1) is 9.47. The highest BCUT2D eigenvalue weighted by Gasteiger charge is 2.27. The molecule has 108 valence electrons. The van der Waals surface area contributed by atoms with E-state index in [-0.39, 0.29) is 11.5 Å². The van der Waals surface area contributed by atoms with Crippen molar-refractivity contribution in [2.24, 2.45) is 11.1 Å². The van der Waals surface area contributed by atoms with Crippen molar-refractivity contribution in [2.75, 3.05) is 6.61 Å². The van der Waals surface area contributed by atoms with Crippen LogP contribution in [-0.2, 0) is 6.42 Å². The van der Waals surface area contributed by atoms with Gasteiger partial charge in [-0.3, -0.25) is 0 Å². The maximum absolute atomic E-state index is 6.08. The minimum Gasteiger partial charge on any atom is -0.493 e. The molecule has 0 unspecified atom stereocenters. The number of rotatable bonds is 5. The quantitative estimate of drug-likeness (QED) is 0.908. The molecule has 1 atom stereocenters. The normalized spacial score (nSPS) is 13.2. The molecule has 5 heteroatoms. The van der Waals surface area contributed by atoms with E-state index in [1.165, 1.54) is 0 Å². The Bertz CT molecular complexity index is 532. The number of para-hydroxylation sites is 1. The van der Waals surface area contributed by atoms with Crippen LogP contribution >= 0.6 is 0 Å². The van der Waals surface area contributed by atoms with Gasteiger partial charge >= 0.3 is 0 Å². The first-order valence-corrected chi connectivity index (χ1v) is 6.73. The molecular formula is C15H21N3O2. The van der Waals surface area contributed by atoms with E-state index in [1.54, 1.807) is 0 Å². The fourth-order valence-corrected chi connectivity index (χ4v) is 1.64. The first kappa shape index (κ1) is 14.5. The second-order valence-electron chi connectivity index (χ2n) is 5.80. The molecule has 2 N–H and O–H groups in total. The number of nitrogens with two attached hydrogens (primary N) is 1. The Labute approximate surface area is 119 Å². The Balaban J connectivity index is 1.87. The predicted octanol–water partition coefficient (Wildman–Crippen LogP) is 2.74. The summed E-state index contributed by atoms with van der Waals surface area (Å²) in [4.78, 5) is 4.33. The molecule has 2 aromatic rings. The topological polar surface area (TPSA) is 74.2 Å². The molecule has 0 aliphatic rings. The van der Waals surface area contributed by atoms with E-state index in [9.17, 15) is 0 Å². The van der Waals surface area contributed by atoms with Crippen molar-refractivity contribution >= 4 is 0 Å². The summed E-state index contributed by atoms with van der Waals surface area (Å²) in [7, 11) is 0. The lowest BCUT2D eigenvalue weighted by Gasteiger charge is -2.23. The van der Waals surface area contributed by atoms with E-state index < -0.39 is 0 Å². The van der Waals surface area contributed by atoms with Crippen LogP contribution in [-0.4, -0.2) is 16.7 Å². The zero-order valence-corrected chi connectivity index (χ0v) is 12.2. The molecule has 0 saturated carbocycles. The van der Waals surface area contributed by atoms with Gasteiger partial charge in [-0.1, -0.05) is 44.1 Å². The Kier molecular flexibility index (Phi) is 4.39. The summed E-state index contributed by atoms with van der Waals surface area (Å²) >= 11 is 0. The van der Waals surface area contributed by atoms with Crippen LogP contribution in [0.15, 0.2) is 34.9 Å². The molecule has 0 radical (unpaired) electrons. The Hall–Kier alpha value is -1.88. The third-order valence-corrected chi connectivity index (χ3v) is 3.02. The van der Waals surface area contributed by atoms with Gasteiger partial charge in [0.25, 0.3) is 0 Å². The zero-order valence-electron chi connectivity index (χ0n) is 12.2. The van der Waals surface area contributed by atoms with Crippen LogP contribution in [0.5, 0.6) is 5.75 Å². The molecule has 1 heterocycles. The highest BCUT2D eigenvalue weighted by atomic mass is 16.5. The van der Waals surface area contributed by atoms with Crippen LogP contribution < -0.4 is 10.5 Å². The lowest BCUT2D eigenvalue weighted by atomic mass is 9.87.